The average molecular weight is 290 g/mol. The Labute approximate surface area is 125 Å². The minimum Gasteiger partial charge on any atom is -0.461 e. The smallest absolute Gasteiger partial charge is 0.303 e. The van der Waals surface area contributed by atoms with E-state index in [0.29, 0.717) is 18.3 Å². The first-order chi connectivity index (χ1) is 10.0. The largest absolute Gasteiger partial charge is 0.461 e. The van der Waals surface area contributed by atoms with Crippen molar-refractivity contribution in [2.75, 3.05) is 6.61 Å². The summed E-state index contributed by atoms with van der Waals surface area (Å²) in [5.41, 5.74) is 1.02. The van der Waals surface area contributed by atoms with E-state index in [9.17, 15) is 4.79 Å². The molecule has 0 N–H and O–H groups in total. The van der Waals surface area contributed by atoms with Crippen LogP contribution in [0.5, 0.6) is 5.75 Å². The topological polar surface area (TPSA) is 44.8 Å². The summed E-state index contributed by atoms with van der Waals surface area (Å²) in [5.74, 6) is 0.863. The van der Waals surface area contributed by atoms with Gasteiger partial charge >= 0.3 is 5.97 Å². The average Bonchev–Trinajstić information content (AvgIpc) is 2.47. The van der Waals surface area contributed by atoms with Gasteiger partial charge in [-0.2, -0.15) is 0 Å². The second-order valence-corrected chi connectivity index (χ2v) is 5.50. The highest BCUT2D eigenvalue weighted by atomic mass is 16.7. The highest BCUT2D eigenvalue weighted by Gasteiger charge is 2.39. The number of benzene rings is 1. The van der Waals surface area contributed by atoms with Crippen LogP contribution in [0.25, 0.3) is 6.08 Å². The SMILES string of the molecule is C=Cc1ccc(OC2OCC(C)C(C)C2OC(C)=O)cc1. The predicted molar refractivity (Wildman–Crippen MR) is 80.8 cm³/mol. The van der Waals surface area contributed by atoms with Crippen molar-refractivity contribution in [1.29, 1.82) is 0 Å². The van der Waals surface area contributed by atoms with E-state index >= 15 is 0 Å². The van der Waals surface area contributed by atoms with E-state index in [1.54, 1.807) is 6.08 Å². The molecule has 4 heteroatoms. The van der Waals surface area contributed by atoms with Crippen molar-refractivity contribution in [1.82, 2.24) is 0 Å². The van der Waals surface area contributed by atoms with E-state index in [4.69, 9.17) is 14.2 Å². The van der Waals surface area contributed by atoms with Gasteiger partial charge in [-0.05, 0) is 23.6 Å². The van der Waals surface area contributed by atoms with Gasteiger partial charge in [0.05, 0.1) is 6.61 Å². The lowest BCUT2D eigenvalue weighted by Gasteiger charge is -2.38. The fraction of sp³-hybridized carbons (Fsp3) is 0.471. The third kappa shape index (κ3) is 3.85. The number of rotatable bonds is 4. The number of carbonyl (C=O) groups excluding carboxylic acids is 1. The highest BCUT2D eigenvalue weighted by Crippen LogP contribution is 2.30. The van der Waals surface area contributed by atoms with Crippen LogP contribution in [-0.2, 0) is 14.3 Å². The van der Waals surface area contributed by atoms with Crippen molar-refractivity contribution in [2.45, 2.75) is 33.2 Å². The third-order valence-electron chi connectivity index (χ3n) is 3.88. The molecule has 0 aromatic heterocycles. The van der Waals surface area contributed by atoms with Crippen LogP contribution in [0.15, 0.2) is 30.8 Å². The molecule has 1 aliphatic rings. The Morgan fingerprint density at radius 3 is 2.57 bits per heavy atom. The molecule has 0 spiro atoms. The van der Waals surface area contributed by atoms with Crippen LogP contribution < -0.4 is 4.74 Å². The summed E-state index contributed by atoms with van der Waals surface area (Å²) in [6.45, 7) is 9.85. The Hall–Kier alpha value is -1.81. The minimum absolute atomic E-state index is 0.181. The Morgan fingerprint density at radius 1 is 1.33 bits per heavy atom. The molecule has 1 aromatic rings. The molecule has 21 heavy (non-hydrogen) atoms. The molecular weight excluding hydrogens is 268 g/mol. The lowest BCUT2D eigenvalue weighted by Crippen LogP contribution is -2.49. The lowest BCUT2D eigenvalue weighted by molar-refractivity contribution is -0.220. The second-order valence-electron chi connectivity index (χ2n) is 5.50. The van der Waals surface area contributed by atoms with Crippen LogP contribution in [0.4, 0.5) is 0 Å². The molecule has 4 atom stereocenters. The van der Waals surface area contributed by atoms with Crippen molar-refractivity contribution >= 4 is 12.0 Å². The number of carbonyl (C=O) groups is 1. The van der Waals surface area contributed by atoms with Gasteiger partial charge in [-0.15, -0.1) is 0 Å². The maximum absolute atomic E-state index is 11.3. The maximum Gasteiger partial charge on any atom is 0.303 e. The minimum atomic E-state index is -0.574. The summed E-state index contributed by atoms with van der Waals surface area (Å²) in [7, 11) is 0. The first-order valence-electron chi connectivity index (χ1n) is 7.19. The molecule has 4 unspecified atom stereocenters. The van der Waals surface area contributed by atoms with Gasteiger partial charge in [-0.1, -0.05) is 38.6 Å². The molecule has 0 aliphatic carbocycles. The van der Waals surface area contributed by atoms with Crippen molar-refractivity contribution in [3.05, 3.63) is 36.4 Å². The van der Waals surface area contributed by atoms with Gasteiger partial charge < -0.3 is 14.2 Å². The van der Waals surface area contributed by atoms with Gasteiger partial charge in [0.15, 0.2) is 6.10 Å². The Bertz CT molecular complexity index is 494. The van der Waals surface area contributed by atoms with E-state index in [-0.39, 0.29) is 11.9 Å². The van der Waals surface area contributed by atoms with E-state index in [0.717, 1.165) is 5.56 Å². The van der Waals surface area contributed by atoms with Crippen molar-refractivity contribution in [3.8, 4) is 5.75 Å². The Balaban J connectivity index is 2.10. The van der Waals surface area contributed by atoms with Gasteiger partial charge in [0.2, 0.25) is 6.29 Å². The van der Waals surface area contributed by atoms with Crippen LogP contribution in [0.3, 0.4) is 0 Å². The van der Waals surface area contributed by atoms with Gasteiger partial charge in [0.25, 0.3) is 0 Å². The zero-order valence-corrected chi connectivity index (χ0v) is 12.7. The van der Waals surface area contributed by atoms with Gasteiger partial charge in [-0.3, -0.25) is 4.79 Å². The normalized spacial score (nSPS) is 28.7. The summed E-state index contributed by atoms with van der Waals surface area (Å²) in [4.78, 5) is 11.3. The Morgan fingerprint density at radius 2 is 2.00 bits per heavy atom. The molecule has 1 saturated heterocycles. The van der Waals surface area contributed by atoms with Gasteiger partial charge in [0.1, 0.15) is 5.75 Å². The zero-order chi connectivity index (χ0) is 15.4. The molecule has 0 amide bonds. The van der Waals surface area contributed by atoms with Crippen LogP contribution in [0.1, 0.15) is 26.3 Å². The van der Waals surface area contributed by atoms with Crippen molar-refractivity contribution in [3.63, 3.8) is 0 Å². The van der Waals surface area contributed by atoms with Crippen LogP contribution in [-0.4, -0.2) is 25.0 Å². The zero-order valence-electron chi connectivity index (χ0n) is 12.7. The monoisotopic (exact) mass is 290 g/mol. The standard InChI is InChI=1S/C17H22O4/c1-5-14-6-8-15(9-7-14)21-17-16(20-13(4)18)12(3)11(2)10-19-17/h5-9,11-12,16-17H,1,10H2,2-4H3. The van der Waals surface area contributed by atoms with E-state index < -0.39 is 12.4 Å². The van der Waals surface area contributed by atoms with Crippen LogP contribution in [0.2, 0.25) is 0 Å². The number of esters is 1. The number of hydrogen-bond donors (Lipinski definition) is 0. The molecule has 1 fully saturated rings. The second kappa shape index (κ2) is 6.76. The molecule has 114 valence electrons. The van der Waals surface area contributed by atoms with Crippen molar-refractivity contribution in [2.24, 2.45) is 11.8 Å². The summed E-state index contributed by atoms with van der Waals surface area (Å²) in [5, 5.41) is 0. The van der Waals surface area contributed by atoms with Gasteiger partial charge in [0, 0.05) is 12.8 Å². The summed E-state index contributed by atoms with van der Waals surface area (Å²) in [6.07, 6.45) is 0.798. The number of hydrogen-bond acceptors (Lipinski definition) is 4. The van der Waals surface area contributed by atoms with E-state index in [2.05, 4.69) is 20.4 Å². The molecular formula is C17H22O4. The van der Waals surface area contributed by atoms with Crippen LogP contribution >= 0.6 is 0 Å². The molecule has 2 rings (SSSR count). The highest BCUT2D eigenvalue weighted by molar-refractivity contribution is 5.66. The van der Waals surface area contributed by atoms with Crippen LogP contribution in [0, 0.1) is 11.8 Å². The molecule has 1 heterocycles. The Kier molecular flexibility index (Phi) is 5.02. The maximum atomic E-state index is 11.3. The molecule has 4 nitrogen and oxygen atoms in total. The number of ether oxygens (including phenoxy) is 3. The molecule has 0 saturated carbocycles. The molecule has 0 radical (unpaired) electrons. The summed E-state index contributed by atoms with van der Waals surface area (Å²) in [6, 6.07) is 7.54. The van der Waals surface area contributed by atoms with Crippen molar-refractivity contribution < 1.29 is 19.0 Å². The predicted octanol–water partition coefficient (Wildman–Crippen LogP) is 3.27. The quantitative estimate of drug-likeness (QED) is 0.798. The first-order valence-corrected chi connectivity index (χ1v) is 7.19. The first kappa shape index (κ1) is 15.6. The molecule has 1 aromatic carbocycles. The fourth-order valence-corrected chi connectivity index (χ4v) is 2.34. The molecule has 0 bridgehead atoms. The summed E-state index contributed by atoms with van der Waals surface area (Å²) < 4.78 is 17.0. The lowest BCUT2D eigenvalue weighted by atomic mass is 9.88. The third-order valence-corrected chi connectivity index (χ3v) is 3.88. The fourth-order valence-electron chi connectivity index (χ4n) is 2.34. The summed E-state index contributed by atoms with van der Waals surface area (Å²) >= 11 is 0. The van der Waals surface area contributed by atoms with E-state index in [1.165, 1.54) is 6.92 Å². The van der Waals surface area contributed by atoms with Gasteiger partial charge in [-0.25, -0.2) is 0 Å². The molecule has 1 aliphatic heterocycles. The van der Waals surface area contributed by atoms with E-state index in [1.807, 2.05) is 24.3 Å².